The first-order chi connectivity index (χ1) is 10.2. The number of nitrogens with two attached hydrogens (primary N) is 1. The second-order valence-electron chi connectivity index (χ2n) is 4.99. The highest BCUT2D eigenvalue weighted by molar-refractivity contribution is 5.86. The number of H-pyrrole nitrogens is 1. The standard InChI is InChI=1S/C17H21N3O/c1-3-9-20(10-4-2)17(21)15(18)11-13-12-19-16-8-6-5-7-14(13)16/h3-8,12,15,19H,1-2,9-11,18H2/t15-/m0/s1. The number of carbonyl (C=O) groups is 1. The summed E-state index contributed by atoms with van der Waals surface area (Å²) in [4.78, 5) is 17.2. The molecule has 0 aliphatic heterocycles. The maximum Gasteiger partial charge on any atom is 0.240 e. The zero-order valence-electron chi connectivity index (χ0n) is 12.1. The number of para-hydroxylation sites is 1. The molecule has 0 saturated heterocycles. The predicted octanol–water partition coefficient (Wildman–Crippen LogP) is 2.24. The summed E-state index contributed by atoms with van der Waals surface area (Å²) in [6.45, 7) is 8.29. The van der Waals surface area contributed by atoms with Gasteiger partial charge in [0.1, 0.15) is 0 Å². The van der Waals surface area contributed by atoms with Crippen LogP contribution in [0, 0.1) is 0 Å². The van der Waals surface area contributed by atoms with Gasteiger partial charge in [0.25, 0.3) is 0 Å². The number of carbonyl (C=O) groups excluding carboxylic acids is 1. The van der Waals surface area contributed by atoms with Crippen molar-refractivity contribution in [2.24, 2.45) is 5.73 Å². The Bertz CT molecular complexity index is 634. The Kier molecular flexibility index (Phi) is 4.95. The normalized spacial score (nSPS) is 12.0. The lowest BCUT2D eigenvalue weighted by atomic mass is 10.0. The van der Waals surface area contributed by atoms with Crippen molar-refractivity contribution in [3.63, 3.8) is 0 Å². The predicted molar refractivity (Wildman–Crippen MR) is 87.0 cm³/mol. The van der Waals surface area contributed by atoms with Crippen molar-refractivity contribution in [1.82, 2.24) is 9.88 Å². The summed E-state index contributed by atoms with van der Waals surface area (Å²) >= 11 is 0. The van der Waals surface area contributed by atoms with E-state index in [4.69, 9.17) is 5.73 Å². The van der Waals surface area contributed by atoms with Crippen molar-refractivity contribution in [2.75, 3.05) is 13.1 Å². The molecule has 1 atom stereocenters. The fourth-order valence-corrected chi connectivity index (χ4v) is 2.43. The highest BCUT2D eigenvalue weighted by atomic mass is 16.2. The first kappa shape index (κ1) is 15.1. The van der Waals surface area contributed by atoms with Crippen molar-refractivity contribution in [1.29, 1.82) is 0 Å². The number of rotatable bonds is 7. The van der Waals surface area contributed by atoms with Crippen molar-refractivity contribution in [3.8, 4) is 0 Å². The molecule has 4 nitrogen and oxygen atoms in total. The van der Waals surface area contributed by atoms with Gasteiger partial charge in [-0.05, 0) is 18.1 Å². The van der Waals surface area contributed by atoms with Gasteiger partial charge in [-0.15, -0.1) is 13.2 Å². The number of nitrogens with zero attached hydrogens (tertiary/aromatic N) is 1. The summed E-state index contributed by atoms with van der Waals surface area (Å²) < 4.78 is 0. The fraction of sp³-hybridized carbons (Fsp3) is 0.235. The molecule has 1 aromatic carbocycles. The summed E-state index contributed by atoms with van der Waals surface area (Å²) in [5.41, 5.74) is 8.20. The van der Waals surface area contributed by atoms with Gasteiger partial charge < -0.3 is 15.6 Å². The molecule has 0 aliphatic rings. The molecule has 0 unspecified atom stereocenters. The van der Waals surface area contributed by atoms with E-state index in [-0.39, 0.29) is 5.91 Å². The van der Waals surface area contributed by atoms with Crippen molar-refractivity contribution in [2.45, 2.75) is 12.5 Å². The van der Waals surface area contributed by atoms with Gasteiger partial charge in [0.2, 0.25) is 5.91 Å². The van der Waals surface area contributed by atoms with E-state index >= 15 is 0 Å². The minimum Gasteiger partial charge on any atom is -0.361 e. The van der Waals surface area contributed by atoms with E-state index < -0.39 is 6.04 Å². The molecule has 4 heteroatoms. The molecule has 21 heavy (non-hydrogen) atoms. The molecule has 0 bridgehead atoms. The van der Waals surface area contributed by atoms with Crippen LogP contribution in [0.2, 0.25) is 0 Å². The molecule has 0 fully saturated rings. The summed E-state index contributed by atoms with van der Waals surface area (Å²) in [5, 5.41) is 1.11. The molecule has 1 heterocycles. The number of nitrogens with one attached hydrogen (secondary N) is 1. The lowest BCUT2D eigenvalue weighted by Crippen LogP contribution is -2.45. The van der Waals surface area contributed by atoms with Crippen LogP contribution in [0.5, 0.6) is 0 Å². The largest absolute Gasteiger partial charge is 0.361 e. The Morgan fingerprint density at radius 1 is 1.29 bits per heavy atom. The van der Waals surface area contributed by atoms with Gasteiger partial charge in [-0.25, -0.2) is 0 Å². The topological polar surface area (TPSA) is 62.1 Å². The van der Waals surface area contributed by atoms with Gasteiger partial charge in [-0.1, -0.05) is 30.4 Å². The first-order valence-corrected chi connectivity index (χ1v) is 6.98. The zero-order chi connectivity index (χ0) is 15.2. The molecule has 0 saturated carbocycles. The summed E-state index contributed by atoms with van der Waals surface area (Å²) in [7, 11) is 0. The van der Waals surface area contributed by atoms with Crippen LogP contribution in [-0.2, 0) is 11.2 Å². The van der Waals surface area contributed by atoms with Crippen molar-refractivity contribution in [3.05, 3.63) is 61.3 Å². The van der Waals surface area contributed by atoms with Gasteiger partial charge in [0.15, 0.2) is 0 Å². The Morgan fingerprint density at radius 3 is 2.62 bits per heavy atom. The van der Waals surface area contributed by atoms with Gasteiger partial charge in [0.05, 0.1) is 6.04 Å². The molecular weight excluding hydrogens is 262 g/mol. The van der Waals surface area contributed by atoms with E-state index in [2.05, 4.69) is 18.1 Å². The van der Waals surface area contributed by atoms with Gasteiger partial charge in [-0.2, -0.15) is 0 Å². The Morgan fingerprint density at radius 2 is 1.95 bits per heavy atom. The summed E-state index contributed by atoms with van der Waals surface area (Å²) in [5.74, 6) is -0.0833. The number of hydrogen-bond donors (Lipinski definition) is 2. The number of aromatic amines is 1. The maximum atomic E-state index is 12.4. The lowest BCUT2D eigenvalue weighted by molar-refractivity contribution is -0.131. The molecule has 0 spiro atoms. The van der Waals surface area contributed by atoms with E-state index in [9.17, 15) is 4.79 Å². The van der Waals surface area contributed by atoms with E-state index in [1.807, 2.05) is 30.5 Å². The number of hydrogen-bond acceptors (Lipinski definition) is 2. The van der Waals surface area contributed by atoms with Crippen LogP contribution >= 0.6 is 0 Å². The monoisotopic (exact) mass is 283 g/mol. The van der Waals surface area contributed by atoms with Crippen LogP contribution < -0.4 is 5.73 Å². The average molecular weight is 283 g/mol. The molecule has 3 N–H and O–H groups in total. The van der Waals surface area contributed by atoms with Crippen LogP contribution in [-0.4, -0.2) is 34.9 Å². The average Bonchev–Trinajstić information content (AvgIpc) is 2.89. The third kappa shape index (κ3) is 3.41. The van der Waals surface area contributed by atoms with Crippen LogP contribution in [0.1, 0.15) is 5.56 Å². The van der Waals surface area contributed by atoms with Crippen LogP contribution in [0.25, 0.3) is 10.9 Å². The van der Waals surface area contributed by atoms with Gasteiger partial charge in [0, 0.05) is 30.2 Å². The summed E-state index contributed by atoms with van der Waals surface area (Å²) in [6, 6.07) is 7.43. The molecular formula is C17H21N3O. The SMILES string of the molecule is C=CCN(CC=C)C(=O)[C@@H](N)Cc1c[nH]c2ccccc12. The third-order valence-electron chi connectivity index (χ3n) is 3.44. The molecule has 1 amide bonds. The highest BCUT2D eigenvalue weighted by Crippen LogP contribution is 2.19. The molecule has 2 rings (SSSR count). The number of fused-ring (bicyclic) bond motifs is 1. The second-order valence-corrected chi connectivity index (χ2v) is 4.99. The first-order valence-electron chi connectivity index (χ1n) is 6.98. The van der Waals surface area contributed by atoms with Crippen molar-refractivity contribution >= 4 is 16.8 Å². The highest BCUT2D eigenvalue weighted by Gasteiger charge is 2.20. The van der Waals surface area contributed by atoms with Crippen LogP contribution in [0.4, 0.5) is 0 Å². The second kappa shape index (κ2) is 6.90. The number of amides is 1. The molecule has 1 aromatic heterocycles. The smallest absolute Gasteiger partial charge is 0.240 e. The molecule has 0 aliphatic carbocycles. The van der Waals surface area contributed by atoms with Crippen LogP contribution in [0.15, 0.2) is 55.8 Å². The maximum absolute atomic E-state index is 12.4. The van der Waals surface area contributed by atoms with E-state index in [1.54, 1.807) is 17.1 Å². The quantitative estimate of drug-likeness (QED) is 0.765. The van der Waals surface area contributed by atoms with E-state index in [0.29, 0.717) is 19.5 Å². The Labute approximate surface area is 124 Å². The van der Waals surface area contributed by atoms with E-state index in [1.165, 1.54) is 0 Å². The summed E-state index contributed by atoms with van der Waals surface area (Å²) in [6.07, 6.45) is 5.82. The third-order valence-corrected chi connectivity index (χ3v) is 3.44. The van der Waals surface area contributed by atoms with E-state index in [0.717, 1.165) is 16.5 Å². The number of benzene rings is 1. The minimum atomic E-state index is -0.566. The van der Waals surface area contributed by atoms with Gasteiger partial charge >= 0.3 is 0 Å². The molecule has 0 radical (unpaired) electrons. The molecule has 110 valence electrons. The van der Waals surface area contributed by atoms with Crippen molar-refractivity contribution < 1.29 is 4.79 Å². The van der Waals surface area contributed by atoms with Crippen LogP contribution in [0.3, 0.4) is 0 Å². The number of aromatic nitrogens is 1. The Balaban J connectivity index is 2.12. The zero-order valence-corrected chi connectivity index (χ0v) is 12.1. The molecule has 2 aromatic rings. The van der Waals surface area contributed by atoms with Gasteiger partial charge in [-0.3, -0.25) is 4.79 Å². The Hall–Kier alpha value is -2.33. The lowest BCUT2D eigenvalue weighted by Gasteiger charge is -2.23. The fourth-order valence-electron chi connectivity index (χ4n) is 2.43. The minimum absolute atomic E-state index is 0.0833.